The number of rotatable bonds is 4. The molecule has 4 heteroatoms. The summed E-state index contributed by atoms with van der Waals surface area (Å²) >= 11 is 0. The highest BCUT2D eigenvalue weighted by Crippen LogP contribution is 2.36. The lowest BCUT2D eigenvalue weighted by Gasteiger charge is -2.13. The molecule has 106 valence electrons. The van der Waals surface area contributed by atoms with Gasteiger partial charge in [0.15, 0.2) is 0 Å². The molecule has 2 aromatic rings. The maximum absolute atomic E-state index is 12.0. The van der Waals surface area contributed by atoms with Crippen LogP contribution in [-0.4, -0.2) is 22.2 Å². The molecule has 0 radical (unpaired) electrons. The minimum Gasteiger partial charge on any atom is -0.465 e. The number of unbranched alkanes of at least 4 members (excludes halogenated alkanes) is 1. The van der Waals surface area contributed by atoms with Gasteiger partial charge in [-0.25, -0.2) is 0 Å². The number of carbonyl (C=O) groups excluding carboxylic acids is 1. The molecule has 1 aliphatic rings. The van der Waals surface area contributed by atoms with Gasteiger partial charge in [0.05, 0.1) is 6.61 Å². The van der Waals surface area contributed by atoms with Gasteiger partial charge in [0, 0.05) is 17.8 Å². The van der Waals surface area contributed by atoms with Gasteiger partial charge >= 0.3 is 5.97 Å². The minimum absolute atomic E-state index is 0.293. The molecular weight excluding hydrogens is 254 g/mol. The highest BCUT2D eigenvalue weighted by molar-refractivity contribution is 5.83. The Morgan fingerprint density at radius 3 is 3.05 bits per heavy atom. The van der Waals surface area contributed by atoms with Crippen LogP contribution in [0.5, 0.6) is 0 Å². The van der Waals surface area contributed by atoms with E-state index in [1.54, 1.807) is 0 Å². The van der Waals surface area contributed by atoms with Crippen molar-refractivity contribution in [2.75, 3.05) is 6.61 Å². The molecule has 2 heterocycles. The third kappa shape index (κ3) is 2.10. The summed E-state index contributed by atoms with van der Waals surface area (Å²) < 4.78 is 7.26. The van der Waals surface area contributed by atoms with E-state index in [-0.39, 0.29) is 5.97 Å². The first-order valence-corrected chi connectivity index (χ1v) is 7.15. The summed E-state index contributed by atoms with van der Waals surface area (Å²) in [5.41, 5.74) is 1.87. The van der Waals surface area contributed by atoms with Gasteiger partial charge in [0.25, 0.3) is 0 Å². The van der Waals surface area contributed by atoms with Crippen LogP contribution >= 0.6 is 0 Å². The lowest BCUT2D eigenvalue weighted by atomic mass is 10.0. The van der Waals surface area contributed by atoms with Crippen LogP contribution < -0.4 is 0 Å². The van der Waals surface area contributed by atoms with Crippen molar-refractivity contribution < 1.29 is 14.6 Å². The summed E-state index contributed by atoms with van der Waals surface area (Å²) in [5, 5.41) is 11.4. The summed E-state index contributed by atoms with van der Waals surface area (Å²) in [6.07, 6.45) is 1.09. The lowest BCUT2D eigenvalue weighted by Crippen LogP contribution is -2.22. The van der Waals surface area contributed by atoms with Crippen LogP contribution in [0.4, 0.5) is 0 Å². The maximum Gasteiger partial charge on any atom is 0.313 e. The molecule has 0 saturated heterocycles. The second kappa shape index (κ2) is 5.29. The molecule has 0 aliphatic carbocycles. The highest BCUT2D eigenvalue weighted by atomic mass is 16.5. The number of nitrogens with zero attached hydrogens (tertiary/aromatic N) is 1. The molecule has 1 aromatic heterocycles. The first kappa shape index (κ1) is 13.2. The number of aliphatic hydroxyl groups excluding tert-OH is 1. The lowest BCUT2D eigenvalue weighted by molar-refractivity contribution is -0.152. The number of benzene rings is 1. The second-order valence-electron chi connectivity index (χ2n) is 5.31. The Labute approximate surface area is 118 Å². The van der Waals surface area contributed by atoms with E-state index in [9.17, 15) is 9.90 Å². The zero-order valence-corrected chi connectivity index (χ0v) is 11.6. The minimum atomic E-state index is -0.767. The highest BCUT2D eigenvalue weighted by Gasteiger charge is 2.38. The monoisotopic (exact) mass is 273 g/mol. The van der Waals surface area contributed by atoms with Gasteiger partial charge in [-0.2, -0.15) is 0 Å². The number of para-hydroxylation sites is 1. The average Bonchev–Trinajstić information content (AvgIpc) is 2.97. The fourth-order valence-electron chi connectivity index (χ4n) is 2.81. The summed E-state index contributed by atoms with van der Waals surface area (Å²) in [6.45, 7) is 2.99. The van der Waals surface area contributed by atoms with Gasteiger partial charge in [0.1, 0.15) is 12.0 Å². The van der Waals surface area contributed by atoms with Crippen molar-refractivity contribution in [1.82, 2.24) is 4.57 Å². The number of hydrogen-bond acceptors (Lipinski definition) is 3. The number of esters is 1. The van der Waals surface area contributed by atoms with Crippen molar-refractivity contribution in [2.24, 2.45) is 5.92 Å². The van der Waals surface area contributed by atoms with E-state index in [2.05, 4.69) is 6.92 Å². The Morgan fingerprint density at radius 1 is 1.45 bits per heavy atom. The molecule has 0 bridgehead atoms. The molecular formula is C16H19NO3. The van der Waals surface area contributed by atoms with Gasteiger partial charge in [-0.05, 0) is 23.9 Å². The molecule has 20 heavy (non-hydrogen) atoms. The predicted molar refractivity (Wildman–Crippen MR) is 76.3 cm³/mol. The van der Waals surface area contributed by atoms with Gasteiger partial charge in [-0.15, -0.1) is 0 Å². The van der Waals surface area contributed by atoms with Crippen LogP contribution in [0.25, 0.3) is 10.9 Å². The number of fused-ring (bicyclic) bond motifs is 3. The van der Waals surface area contributed by atoms with Gasteiger partial charge in [-0.3, -0.25) is 4.79 Å². The maximum atomic E-state index is 12.0. The van der Waals surface area contributed by atoms with E-state index in [1.165, 1.54) is 0 Å². The van der Waals surface area contributed by atoms with E-state index in [0.717, 1.165) is 29.4 Å². The van der Waals surface area contributed by atoms with E-state index >= 15 is 0 Å². The van der Waals surface area contributed by atoms with E-state index in [1.807, 2.05) is 34.9 Å². The fraction of sp³-hybridized carbons (Fsp3) is 0.438. The molecule has 0 spiro atoms. The van der Waals surface area contributed by atoms with Crippen molar-refractivity contribution in [1.29, 1.82) is 0 Å². The normalized spacial score (nSPS) is 21.1. The summed E-state index contributed by atoms with van der Waals surface area (Å²) in [5.74, 6) is -0.773. The molecule has 0 saturated carbocycles. The van der Waals surface area contributed by atoms with Gasteiger partial charge in [-0.1, -0.05) is 31.5 Å². The molecule has 0 amide bonds. The fourth-order valence-corrected chi connectivity index (χ4v) is 2.81. The van der Waals surface area contributed by atoms with Crippen LogP contribution in [0.15, 0.2) is 30.3 Å². The Morgan fingerprint density at radius 2 is 2.25 bits per heavy atom. The Bertz CT molecular complexity index is 632. The Kier molecular flexibility index (Phi) is 3.49. The number of aliphatic hydroxyl groups is 1. The van der Waals surface area contributed by atoms with Crippen LogP contribution in [0.3, 0.4) is 0 Å². The van der Waals surface area contributed by atoms with Gasteiger partial charge in [0.2, 0.25) is 0 Å². The Hall–Kier alpha value is -1.81. The van der Waals surface area contributed by atoms with Crippen molar-refractivity contribution in [2.45, 2.75) is 32.4 Å². The summed E-state index contributed by atoms with van der Waals surface area (Å²) in [7, 11) is 0. The SMILES string of the molecule is CCCCOC(=O)C1Cn2c(cc3ccccc32)C1O. The third-order valence-corrected chi connectivity index (χ3v) is 3.95. The number of aromatic nitrogens is 1. The molecule has 3 rings (SSSR count). The molecule has 2 unspecified atom stereocenters. The third-order valence-electron chi connectivity index (χ3n) is 3.95. The van der Waals surface area contributed by atoms with Crippen molar-refractivity contribution in [3.63, 3.8) is 0 Å². The first-order chi connectivity index (χ1) is 9.72. The topological polar surface area (TPSA) is 51.5 Å². The Balaban J connectivity index is 1.80. The number of hydrogen-bond donors (Lipinski definition) is 1. The number of carbonyl (C=O) groups is 1. The van der Waals surface area contributed by atoms with Crippen LogP contribution in [0, 0.1) is 5.92 Å². The first-order valence-electron chi connectivity index (χ1n) is 7.15. The number of ether oxygens (including phenoxy) is 1. The largest absolute Gasteiger partial charge is 0.465 e. The van der Waals surface area contributed by atoms with Crippen molar-refractivity contribution in [3.8, 4) is 0 Å². The van der Waals surface area contributed by atoms with E-state index in [0.29, 0.717) is 13.2 Å². The smallest absolute Gasteiger partial charge is 0.313 e. The standard InChI is InChI=1S/C16H19NO3/c1-2-3-8-20-16(19)12-10-17-13-7-5-4-6-11(13)9-14(17)15(12)18/h4-7,9,12,15,18H,2-3,8,10H2,1H3. The summed E-state index contributed by atoms with van der Waals surface area (Å²) in [6, 6.07) is 9.92. The molecule has 0 fully saturated rings. The van der Waals surface area contributed by atoms with Crippen LogP contribution in [0.1, 0.15) is 31.6 Å². The van der Waals surface area contributed by atoms with E-state index < -0.39 is 12.0 Å². The predicted octanol–water partition coefficient (Wildman–Crippen LogP) is 2.65. The summed E-state index contributed by atoms with van der Waals surface area (Å²) in [4.78, 5) is 12.0. The molecule has 4 nitrogen and oxygen atoms in total. The van der Waals surface area contributed by atoms with Crippen LogP contribution in [-0.2, 0) is 16.1 Å². The van der Waals surface area contributed by atoms with E-state index in [4.69, 9.17) is 4.74 Å². The van der Waals surface area contributed by atoms with Crippen LogP contribution in [0.2, 0.25) is 0 Å². The van der Waals surface area contributed by atoms with Crippen molar-refractivity contribution in [3.05, 3.63) is 36.0 Å². The molecule has 2 atom stereocenters. The average molecular weight is 273 g/mol. The molecule has 1 aliphatic heterocycles. The zero-order valence-electron chi connectivity index (χ0n) is 11.6. The quantitative estimate of drug-likeness (QED) is 0.688. The molecule has 1 N–H and O–H groups in total. The second-order valence-corrected chi connectivity index (χ2v) is 5.31. The molecule has 1 aromatic carbocycles. The zero-order chi connectivity index (χ0) is 14.1. The van der Waals surface area contributed by atoms with Gasteiger partial charge < -0.3 is 14.4 Å². The van der Waals surface area contributed by atoms with Crippen molar-refractivity contribution >= 4 is 16.9 Å².